The Balaban J connectivity index is 3.03. The van der Waals surface area contributed by atoms with Crippen molar-refractivity contribution in [2.45, 2.75) is 20.3 Å². The summed E-state index contributed by atoms with van der Waals surface area (Å²) in [5.74, 6) is -0.821. The van der Waals surface area contributed by atoms with Crippen LogP contribution in [0.1, 0.15) is 29.8 Å². The molecule has 0 saturated carbocycles. The zero-order valence-electron chi connectivity index (χ0n) is 9.32. The van der Waals surface area contributed by atoms with Gasteiger partial charge in [0.15, 0.2) is 0 Å². The molecule has 0 heterocycles. The lowest BCUT2D eigenvalue weighted by atomic mass is 10.0. The maximum Gasteiger partial charge on any atom is 0.341 e. The first-order valence-electron chi connectivity index (χ1n) is 5.03. The van der Waals surface area contributed by atoms with E-state index in [-0.39, 0.29) is 30.1 Å². The van der Waals surface area contributed by atoms with Crippen LogP contribution in [0.3, 0.4) is 0 Å². The van der Waals surface area contributed by atoms with E-state index in [0.29, 0.717) is 5.56 Å². The van der Waals surface area contributed by atoms with Crippen LogP contribution in [0.4, 0.5) is 0 Å². The Morgan fingerprint density at radius 2 is 2.06 bits per heavy atom. The molecule has 0 unspecified atom stereocenters. The van der Waals surface area contributed by atoms with Gasteiger partial charge in [-0.2, -0.15) is 0 Å². The molecule has 1 aromatic rings. The molecule has 86 valence electrons. The number of carbonyl (C=O) groups excluding carboxylic acids is 2. The van der Waals surface area contributed by atoms with Gasteiger partial charge in [-0.15, -0.1) is 0 Å². The normalized spacial score (nSPS) is 9.88. The van der Waals surface area contributed by atoms with Crippen LogP contribution in [0.2, 0.25) is 0 Å². The third kappa shape index (κ3) is 2.82. The van der Waals surface area contributed by atoms with Gasteiger partial charge < -0.3 is 9.84 Å². The number of para-hydroxylation sites is 1. The number of rotatable bonds is 4. The maximum absolute atomic E-state index is 11.4. The van der Waals surface area contributed by atoms with E-state index in [4.69, 9.17) is 4.74 Å². The number of ether oxygens (including phenoxy) is 1. The monoisotopic (exact) mass is 222 g/mol. The molecule has 0 radical (unpaired) electrons. The summed E-state index contributed by atoms with van der Waals surface area (Å²) in [6.07, 6.45) is 0.110. The lowest BCUT2D eigenvalue weighted by molar-refractivity contribution is -0.116. The molecule has 1 aromatic carbocycles. The maximum atomic E-state index is 11.4. The standard InChI is InChI=1S/C12H14O4/c1-3-16-12(15)10-6-4-5-9(11(10)14)7-8(2)13/h4-6,14H,3,7H2,1-2H3. The molecule has 0 fully saturated rings. The highest BCUT2D eigenvalue weighted by Crippen LogP contribution is 2.23. The number of phenols is 1. The molecule has 0 aliphatic carbocycles. The van der Waals surface area contributed by atoms with Crippen molar-refractivity contribution in [1.82, 2.24) is 0 Å². The number of phenolic OH excluding ortho intramolecular Hbond substituents is 1. The van der Waals surface area contributed by atoms with Crippen molar-refractivity contribution in [3.05, 3.63) is 29.3 Å². The number of carbonyl (C=O) groups is 2. The summed E-state index contributed by atoms with van der Waals surface area (Å²) < 4.78 is 4.78. The predicted molar refractivity (Wildman–Crippen MR) is 58.4 cm³/mol. The molecular weight excluding hydrogens is 208 g/mol. The highest BCUT2D eigenvalue weighted by molar-refractivity contribution is 5.93. The number of esters is 1. The largest absolute Gasteiger partial charge is 0.507 e. The Labute approximate surface area is 93.9 Å². The van der Waals surface area contributed by atoms with Gasteiger partial charge in [-0.25, -0.2) is 4.79 Å². The second kappa shape index (κ2) is 5.30. The molecular formula is C12H14O4. The zero-order valence-corrected chi connectivity index (χ0v) is 9.32. The molecule has 0 aliphatic rings. The van der Waals surface area contributed by atoms with Gasteiger partial charge in [0, 0.05) is 12.0 Å². The number of hydrogen-bond donors (Lipinski definition) is 1. The third-order valence-corrected chi connectivity index (χ3v) is 2.05. The summed E-state index contributed by atoms with van der Waals surface area (Å²) in [4.78, 5) is 22.4. The highest BCUT2D eigenvalue weighted by atomic mass is 16.5. The van der Waals surface area contributed by atoms with Gasteiger partial charge in [-0.3, -0.25) is 4.79 Å². The molecule has 0 aromatic heterocycles. The lowest BCUT2D eigenvalue weighted by Crippen LogP contribution is -2.06. The van der Waals surface area contributed by atoms with Gasteiger partial charge in [0.25, 0.3) is 0 Å². The minimum atomic E-state index is -0.578. The van der Waals surface area contributed by atoms with Gasteiger partial charge in [-0.1, -0.05) is 12.1 Å². The average molecular weight is 222 g/mol. The Bertz CT molecular complexity index is 409. The number of hydrogen-bond acceptors (Lipinski definition) is 4. The summed E-state index contributed by atoms with van der Waals surface area (Å²) in [5, 5.41) is 9.78. The fraction of sp³-hybridized carbons (Fsp3) is 0.333. The summed E-state index contributed by atoms with van der Waals surface area (Å²) in [7, 11) is 0. The van der Waals surface area contributed by atoms with Crippen LogP contribution < -0.4 is 0 Å². The fourth-order valence-electron chi connectivity index (χ4n) is 1.38. The second-order valence-corrected chi connectivity index (χ2v) is 3.41. The Hall–Kier alpha value is -1.84. The van der Waals surface area contributed by atoms with Crippen LogP contribution in [0.5, 0.6) is 5.75 Å². The van der Waals surface area contributed by atoms with E-state index < -0.39 is 5.97 Å². The molecule has 0 saturated heterocycles. The number of aromatic hydroxyl groups is 1. The van der Waals surface area contributed by atoms with Gasteiger partial charge in [0.2, 0.25) is 0 Å². The van der Waals surface area contributed by atoms with Crippen LogP contribution in [-0.4, -0.2) is 23.5 Å². The van der Waals surface area contributed by atoms with E-state index in [1.54, 1.807) is 19.1 Å². The first-order chi connectivity index (χ1) is 7.56. The van der Waals surface area contributed by atoms with Crippen molar-refractivity contribution < 1.29 is 19.4 Å². The summed E-state index contributed by atoms with van der Waals surface area (Å²) in [6.45, 7) is 3.36. The van der Waals surface area contributed by atoms with Crippen molar-refractivity contribution in [1.29, 1.82) is 0 Å². The third-order valence-electron chi connectivity index (χ3n) is 2.05. The number of benzene rings is 1. The minimum Gasteiger partial charge on any atom is -0.507 e. The van der Waals surface area contributed by atoms with Crippen molar-refractivity contribution >= 4 is 11.8 Å². The van der Waals surface area contributed by atoms with E-state index in [2.05, 4.69) is 0 Å². The number of ketones is 1. The average Bonchev–Trinajstić information content (AvgIpc) is 2.21. The van der Waals surface area contributed by atoms with Crippen molar-refractivity contribution in [2.24, 2.45) is 0 Å². The van der Waals surface area contributed by atoms with Crippen molar-refractivity contribution in [3.63, 3.8) is 0 Å². The van der Waals surface area contributed by atoms with Crippen molar-refractivity contribution in [2.75, 3.05) is 6.61 Å². The van der Waals surface area contributed by atoms with Gasteiger partial charge in [-0.05, 0) is 19.9 Å². The SMILES string of the molecule is CCOC(=O)c1cccc(CC(C)=O)c1O. The van der Waals surface area contributed by atoms with Gasteiger partial charge in [0.1, 0.15) is 17.1 Å². The molecule has 1 N–H and O–H groups in total. The number of Topliss-reactive ketones (excluding diaryl/α,β-unsaturated/α-hetero) is 1. The predicted octanol–water partition coefficient (Wildman–Crippen LogP) is 1.70. The molecule has 16 heavy (non-hydrogen) atoms. The molecule has 0 amide bonds. The molecule has 0 aliphatic heterocycles. The topological polar surface area (TPSA) is 63.6 Å². The van der Waals surface area contributed by atoms with E-state index >= 15 is 0 Å². The van der Waals surface area contributed by atoms with Crippen molar-refractivity contribution in [3.8, 4) is 5.75 Å². The Morgan fingerprint density at radius 3 is 2.62 bits per heavy atom. The highest BCUT2D eigenvalue weighted by Gasteiger charge is 2.15. The lowest BCUT2D eigenvalue weighted by Gasteiger charge is -2.07. The molecule has 0 bridgehead atoms. The minimum absolute atomic E-state index is 0.0729. The molecule has 4 nitrogen and oxygen atoms in total. The first-order valence-corrected chi connectivity index (χ1v) is 5.03. The van der Waals surface area contributed by atoms with Crippen LogP contribution in [0.15, 0.2) is 18.2 Å². The van der Waals surface area contributed by atoms with E-state index in [0.717, 1.165) is 0 Å². The van der Waals surface area contributed by atoms with Gasteiger partial charge in [0.05, 0.1) is 6.61 Å². The molecule has 0 spiro atoms. The van der Waals surface area contributed by atoms with Crippen LogP contribution in [-0.2, 0) is 16.0 Å². The van der Waals surface area contributed by atoms with Crippen LogP contribution in [0.25, 0.3) is 0 Å². The van der Waals surface area contributed by atoms with Crippen LogP contribution >= 0.6 is 0 Å². The molecule has 1 rings (SSSR count). The van der Waals surface area contributed by atoms with E-state index in [1.807, 2.05) is 0 Å². The summed E-state index contributed by atoms with van der Waals surface area (Å²) >= 11 is 0. The molecule has 0 atom stereocenters. The first kappa shape index (κ1) is 12.2. The fourth-order valence-corrected chi connectivity index (χ4v) is 1.38. The Morgan fingerprint density at radius 1 is 1.38 bits per heavy atom. The molecule has 4 heteroatoms. The summed E-state index contributed by atoms with van der Waals surface area (Å²) in [6, 6.07) is 4.70. The van der Waals surface area contributed by atoms with Crippen LogP contribution in [0, 0.1) is 0 Å². The zero-order chi connectivity index (χ0) is 12.1. The van der Waals surface area contributed by atoms with E-state index in [1.165, 1.54) is 13.0 Å². The second-order valence-electron chi connectivity index (χ2n) is 3.41. The smallest absolute Gasteiger partial charge is 0.341 e. The van der Waals surface area contributed by atoms with Gasteiger partial charge >= 0.3 is 5.97 Å². The quantitative estimate of drug-likeness (QED) is 0.787. The van der Waals surface area contributed by atoms with E-state index in [9.17, 15) is 14.7 Å². The summed E-state index contributed by atoms with van der Waals surface area (Å²) in [5.41, 5.74) is 0.540. The Kier molecular flexibility index (Phi) is 4.05.